The molecule has 1 saturated heterocycles. The van der Waals surface area contributed by atoms with Crippen LogP contribution in [0.4, 0.5) is 0 Å². The minimum atomic E-state index is -0.00679. The summed E-state index contributed by atoms with van der Waals surface area (Å²) in [7, 11) is 1.64. The van der Waals surface area contributed by atoms with Crippen molar-refractivity contribution in [2.24, 2.45) is 0 Å². The van der Waals surface area contributed by atoms with Gasteiger partial charge in [-0.15, -0.1) is 10.2 Å². The first kappa shape index (κ1) is 19.7. The minimum Gasteiger partial charge on any atom is -0.497 e. The number of ether oxygens (including phenoxy) is 2. The standard InChI is InChI=1S/C19H26N4O3S/c1-13(2)20-17(24)12-27-19-22-21-18(14-6-8-15(25-3)9-7-14)23(19)11-16-5-4-10-26-16/h6-9,13,16H,4-5,10-12H2,1-3H3,(H,20,24)/t16-/m0/s1. The van der Waals surface area contributed by atoms with Gasteiger partial charge < -0.3 is 14.8 Å². The van der Waals surface area contributed by atoms with E-state index >= 15 is 0 Å². The number of hydrogen-bond acceptors (Lipinski definition) is 6. The number of benzene rings is 1. The summed E-state index contributed by atoms with van der Waals surface area (Å²) in [4.78, 5) is 12.0. The fourth-order valence-electron chi connectivity index (χ4n) is 3.00. The molecule has 1 fully saturated rings. The number of hydrogen-bond donors (Lipinski definition) is 1. The fourth-order valence-corrected chi connectivity index (χ4v) is 3.76. The number of amides is 1. The Balaban J connectivity index is 1.81. The van der Waals surface area contributed by atoms with E-state index in [0.29, 0.717) is 12.3 Å². The third-order valence-electron chi connectivity index (χ3n) is 4.26. The number of nitrogens with zero attached hydrogens (tertiary/aromatic N) is 3. The van der Waals surface area contributed by atoms with Crippen LogP contribution in [0.2, 0.25) is 0 Å². The monoisotopic (exact) mass is 390 g/mol. The van der Waals surface area contributed by atoms with Crippen molar-refractivity contribution >= 4 is 17.7 Å². The lowest BCUT2D eigenvalue weighted by Crippen LogP contribution is -2.31. The molecule has 0 spiro atoms. The third-order valence-corrected chi connectivity index (χ3v) is 5.22. The van der Waals surface area contributed by atoms with Gasteiger partial charge in [-0.25, -0.2) is 0 Å². The number of methoxy groups -OCH3 is 1. The number of aromatic nitrogens is 3. The predicted molar refractivity (Wildman–Crippen MR) is 105 cm³/mol. The Morgan fingerprint density at radius 3 is 2.78 bits per heavy atom. The summed E-state index contributed by atoms with van der Waals surface area (Å²) >= 11 is 1.40. The SMILES string of the molecule is COc1ccc(-c2nnc(SCC(=O)NC(C)C)n2C[C@@H]2CCCO2)cc1. The van der Waals surface area contributed by atoms with Gasteiger partial charge in [0.05, 0.1) is 25.5 Å². The van der Waals surface area contributed by atoms with Crippen LogP contribution in [0.15, 0.2) is 29.4 Å². The zero-order valence-electron chi connectivity index (χ0n) is 16.0. The summed E-state index contributed by atoms with van der Waals surface area (Å²) in [5, 5.41) is 12.4. The largest absolute Gasteiger partial charge is 0.497 e. The number of carbonyl (C=O) groups is 1. The highest BCUT2D eigenvalue weighted by Gasteiger charge is 2.22. The van der Waals surface area contributed by atoms with Crippen molar-refractivity contribution in [1.29, 1.82) is 0 Å². The molecule has 0 unspecified atom stereocenters. The van der Waals surface area contributed by atoms with Crippen molar-refractivity contribution < 1.29 is 14.3 Å². The van der Waals surface area contributed by atoms with E-state index in [-0.39, 0.29) is 18.1 Å². The molecule has 146 valence electrons. The topological polar surface area (TPSA) is 78.3 Å². The van der Waals surface area contributed by atoms with Crippen LogP contribution >= 0.6 is 11.8 Å². The normalized spacial score (nSPS) is 16.7. The van der Waals surface area contributed by atoms with E-state index in [4.69, 9.17) is 9.47 Å². The first-order valence-corrected chi connectivity index (χ1v) is 10.2. The van der Waals surface area contributed by atoms with Gasteiger partial charge in [-0.2, -0.15) is 0 Å². The maximum Gasteiger partial charge on any atom is 0.230 e. The summed E-state index contributed by atoms with van der Waals surface area (Å²) in [5.41, 5.74) is 0.958. The lowest BCUT2D eigenvalue weighted by Gasteiger charge is -2.15. The Morgan fingerprint density at radius 1 is 1.37 bits per heavy atom. The van der Waals surface area contributed by atoms with Crippen LogP contribution in [-0.2, 0) is 16.1 Å². The molecule has 1 aromatic heterocycles. The number of nitrogens with one attached hydrogen (secondary N) is 1. The van der Waals surface area contributed by atoms with Gasteiger partial charge >= 0.3 is 0 Å². The molecule has 0 aliphatic carbocycles. The van der Waals surface area contributed by atoms with Gasteiger partial charge in [0.2, 0.25) is 5.91 Å². The van der Waals surface area contributed by atoms with Gasteiger partial charge in [0, 0.05) is 18.2 Å². The fraction of sp³-hybridized carbons (Fsp3) is 0.526. The minimum absolute atomic E-state index is 0.00679. The van der Waals surface area contributed by atoms with E-state index in [2.05, 4.69) is 20.1 Å². The summed E-state index contributed by atoms with van der Waals surface area (Å²) in [6.45, 7) is 5.38. The highest BCUT2D eigenvalue weighted by atomic mass is 32.2. The molecule has 0 radical (unpaired) electrons. The quantitative estimate of drug-likeness (QED) is 0.699. The molecular weight excluding hydrogens is 364 g/mol. The van der Waals surface area contributed by atoms with Crippen molar-refractivity contribution in [2.75, 3.05) is 19.5 Å². The summed E-state index contributed by atoms with van der Waals surface area (Å²) in [5.74, 6) is 1.88. The Labute approximate surface area is 163 Å². The highest BCUT2D eigenvalue weighted by Crippen LogP contribution is 2.27. The van der Waals surface area contributed by atoms with Gasteiger partial charge in [0.1, 0.15) is 5.75 Å². The molecule has 0 saturated carbocycles. The Bertz CT molecular complexity index is 755. The maximum atomic E-state index is 12.0. The third kappa shape index (κ3) is 5.23. The molecule has 1 aliphatic rings. The van der Waals surface area contributed by atoms with Gasteiger partial charge in [0.25, 0.3) is 0 Å². The number of thioether (sulfide) groups is 1. The van der Waals surface area contributed by atoms with Gasteiger partial charge in [-0.1, -0.05) is 11.8 Å². The second-order valence-corrected chi connectivity index (χ2v) is 7.73. The summed E-state index contributed by atoms with van der Waals surface area (Å²) in [6.07, 6.45) is 2.25. The zero-order chi connectivity index (χ0) is 19.2. The van der Waals surface area contributed by atoms with Crippen LogP contribution in [-0.4, -0.2) is 52.3 Å². The van der Waals surface area contributed by atoms with Gasteiger partial charge in [0.15, 0.2) is 11.0 Å². The van der Waals surface area contributed by atoms with E-state index in [1.807, 2.05) is 38.1 Å². The summed E-state index contributed by atoms with van der Waals surface area (Å²) < 4.78 is 13.1. The zero-order valence-corrected chi connectivity index (χ0v) is 16.8. The molecule has 2 aromatic rings. The smallest absolute Gasteiger partial charge is 0.230 e. The van der Waals surface area contributed by atoms with E-state index in [1.165, 1.54) is 11.8 Å². The lowest BCUT2D eigenvalue weighted by molar-refractivity contribution is -0.119. The van der Waals surface area contributed by atoms with Gasteiger partial charge in [-0.05, 0) is 51.0 Å². The first-order chi connectivity index (χ1) is 13.1. The van der Waals surface area contributed by atoms with Gasteiger partial charge in [-0.3, -0.25) is 9.36 Å². The Hall–Kier alpha value is -2.06. The Kier molecular flexibility index (Phi) is 6.73. The van der Waals surface area contributed by atoms with Crippen LogP contribution < -0.4 is 10.1 Å². The molecule has 1 atom stereocenters. The maximum absolute atomic E-state index is 12.0. The second-order valence-electron chi connectivity index (χ2n) is 6.79. The van der Waals surface area contributed by atoms with Crippen LogP contribution in [0.1, 0.15) is 26.7 Å². The molecule has 1 aromatic carbocycles. The molecule has 2 heterocycles. The lowest BCUT2D eigenvalue weighted by atomic mass is 10.2. The second kappa shape index (κ2) is 9.23. The molecule has 27 heavy (non-hydrogen) atoms. The van der Waals surface area contributed by atoms with Crippen LogP contribution in [0, 0.1) is 0 Å². The molecular formula is C19H26N4O3S. The van der Waals surface area contributed by atoms with Crippen molar-refractivity contribution in [3.05, 3.63) is 24.3 Å². The van der Waals surface area contributed by atoms with E-state index in [1.54, 1.807) is 7.11 Å². The van der Waals surface area contributed by atoms with Crippen LogP contribution in [0.5, 0.6) is 5.75 Å². The number of rotatable bonds is 8. The summed E-state index contributed by atoms with van der Waals surface area (Å²) in [6, 6.07) is 7.87. The highest BCUT2D eigenvalue weighted by molar-refractivity contribution is 7.99. The first-order valence-electron chi connectivity index (χ1n) is 9.18. The molecule has 0 bridgehead atoms. The Morgan fingerprint density at radius 2 is 2.15 bits per heavy atom. The predicted octanol–water partition coefficient (Wildman–Crippen LogP) is 2.75. The average molecular weight is 391 g/mol. The molecule has 1 amide bonds. The van der Waals surface area contributed by atoms with Crippen LogP contribution in [0.25, 0.3) is 11.4 Å². The molecule has 7 nitrogen and oxygen atoms in total. The van der Waals surface area contributed by atoms with Crippen molar-refractivity contribution in [2.45, 2.75) is 50.5 Å². The molecule has 8 heteroatoms. The van der Waals surface area contributed by atoms with E-state index < -0.39 is 0 Å². The van der Waals surface area contributed by atoms with Crippen molar-refractivity contribution in [1.82, 2.24) is 20.1 Å². The van der Waals surface area contributed by atoms with Crippen molar-refractivity contribution in [3.63, 3.8) is 0 Å². The molecule has 1 N–H and O–H groups in total. The molecule has 1 aliphatic heterocycles. The number of carbonyl (C=O) groups excluding carboxylic acids is 1. The molecule has 3 rings (SSSR count). The average Bonchev–Trinajstić information content (AvgIpc) is 3.30. The van der Waals surface area contributed by atoms with E-state index in [0.717, 1.165) is 41.7 Å². The van der Waals surface area contributed by atoms with Crippen LogP contribution in [0.3, 0.4) is 0 Å². The van der Waals surface area contributed by atoms with E-state index in [9.17, 15) is 4.79 Å². The van der Waals surface area contributed by atoms with Crippen molar-refractivity contribution in [3.8, 4) is 17.1 Å².